The summed E-state index contributed by atoms with van der Waals surface area (Å²) in [6.45, 7) is 0.265. The molecule has 6 nitrogen and oxygen atoms in total. The molecule has 1 N–H and O–H groups in total. The molecule has 0 radical (unpaired) electrons. The van der Waals surface area contributed by atoms with Gasteiger partial charge in [-0.2, -0.15) is 4.39 Å². The summed E-state index contributed by atoms with van der Waals surface area (Å²) in [6.07, 6.45) is 1.33. The number of halogens is 1. The molecule has 2 heterocycles. The van der Waals surface area contributed by atoms with E-state index in [1.54, 1.807) is 0 Å². The van der Waals surface area contributed by atoms with E-state index in [0.29, 0.717) is 11.4 Å². The lowest BCUT2D eigenvalue weighted by Gasteiger charge is -2.02. The third kappa shape index (κ3) is 2.77. The average Bonchev–Trinajstić information content (AvgIpc) is 2.77. The number of hydrogen-bond donors (Lipinski definition) is 1. The molecule has 0 fully saturated rings. The van der Waals surface area contributed by atoms with Gasteiger partial charge in [0.15, 0.2) is 0 Å². The zero-order chi connectivity index (χ0) is 12.3. The fraction of sp³-hybridized carbons (Fsp3) is 0.100. The number of nitrogens with one attached hydrogen (secondary N) is 1. The Kier molecular flexibility index (Phi) is 2.99. The first-order chi connectivity index (χ1) is 8.15. The highest BCUT2D eigenvalue weighted by Gasteiger charge is 2.11. The normalized spacial score (nSPS) is 10.2. The van der Waals surface area contributed by atoms with Crippen LogP contribution in [0.5, 0.6) is 0 Å². The largest absolute Gasteiger partial charge is 0.433 e. The van der Waals surface area contributed by atoms with E-state index < -0.39 is 10.9 Å². The van der Waals surface area contributed by atoms with Crippen molar-refractivity contribution < 1.29 is 13.7 Å². The van der Waals surface area contributed by atoms with Gasteiger partial charge >= 0.3 is 5.88 Å². The Morgan fingerprint density at radius 1 is 1.41 bits per heavy atom. The highest BCUT2D eigenvalue weighted by Crippen LogP contribution is 2.16. The van der Waals surface area contributed by atoms with Gasteiger partial charge in [0.25, 0.3) is 0 Å². The fourth-order valence-electron chi connectivity index (χ4n) is 1.23. The van der Waals surface area contributed by atoms with Gasteiger partial charge in [-0.05, 0) is 18.2 Å². The number of nitro groups is 1. The summed E-state index contributed by atoms with van der Waals surface area (Å²) in [6, 6.07) is 5.51. The molecular formula is C10H8FN3O3. The maximum atomic E-state index is 12.5. The number of hydrogen-bond acceptors (Lipinski definition) is 5. The van der Waals surface area contributed by atoms with Gasteiger partial charge in [0.05, 0.1) is 24.5 Å². The van der Waals surface area contributed by atoms with Crippen LogP contribution in [0.1, 0.15) is 5.76 Å². The van der Waals surface area contributed by atoms with Gasteiger partial charge in [0, 0.05) is 0 Å². The molecule has 2 aromatic rings. The van der Waals surface area contributed by atoms with E-state index in [-0.39, 0.29) is 12.4 Å². The summed E-state index contributed by atoms with van der Waals surface area (Å²) in [5.41, 5.74) is 0.602. The van der Waals surface area contributed by atoms with Crippen LogP contribution in [0.4, 0.5) is 16.0 Å². The molecule has 0 bridgehead atoms. The van der Waals surface area contributed by atoms with E-state index >= 15 is 0 Å². The van der Waals surface area contributed by atoms with E-state index in [0.717, 1.165) is 0 Å². The minimum atomic E-state index is -0.608. The average molecular weight is 237 g/mol. The molecule has 0 amide bonds. The maximum absolute atomic E-state index is 12.5. The lowest BCUT2D eigenvalue weighted by atomic mass is 10.4. The Labute approximate surface area is 95.2 Å². The van der Waals surface area contributed by atoms with E-state index in [4.69, 9.17) is 4.42 Å². The first-order valence-corrected chi connectivity index (χ1v) is 4.73. The second kappa shape index (κ2) is 4.60. The van der Waals surface area contributed by atoms with Crippen molar-refractivity contribution in [1.82, 2.24) is 4.98 Å². The Morgan fingerprint density at radius 2 is 2.24 bits per heavy atom. The van der Waals surface area contributed by atoms with E-state index in [2.05, 4.69) is 10.3 Å². The maximum Gasteiger partial charge on any atom is 0.433 e. The predicted molar refractivity (Wildman–Crippen MR) is 56.9 cm³/mol. The van der Waals surface area contributed by atoms with Gasteiger partial charge in [-0.1, -0.05) is 0 Å². The van der Waals surface area contributed by atoms with Gasteiger partial charge < -0.3 is 9.73 Å². The molecule has 0 unspecified atom stereocenters. The number of anilines is 1. The number of nitrogens with zero attached hydrogens (tertiary/aromatic N) is 2. The molecule has 0 saturated carbocycles. The van der Waals surface area contributed by atoms with Crippen molar-refractivity contribution in [3.63, 3.8) is 0 Å². The Morgan fingerprint density at radius 3 is 2.82 bits per heavy atom. The van der Waals surface area contributed by atoms with E-state index in [9.17, 15) is 14.5 Å². The van der Waals surface area contributed by atoms with Crippen LogP contribution in [0.15, 0.2) is 34.9 Å². The third-order valence-corrected chi connectivity index (χ3v) is 2.02. The van der Waals surface area contributed by atoms with Crippen molar-refractivity contribution in [3.05, 3.63) is 52.3 Å². The summed E-state index contributed by atoms with van der Waals surface area (Å²) < 4.78 is 17.4. The van der Waals surface area contributed by atoms with Crippen LogP contribution in [0.2, 0.25) is 0 Å². The summed E-state index contributed by atoms with van der Waals surface area (Å²) in [4.78, 5) is 13.2. The molecule has 0 aliphatic carbocycles. The molecule has 0 atom stereocenters. The molecule has 7 heteroatoms. The summed E-state index contributed by atoms with van der Waals surface area (Å²) >= 11 is 0. The lowest BCUT2D eigenvalue weighted by molar-refractivity contribution is -0.402. The quantitative estimate of drug-likeness (QED) is 0.501. The van der Waals surface area contributed by atoms with Gasteiger partial charge in [0.1, 0.15) is 10.7 Å². The number of pyridine rings is 1. The molecule has 0 aliphatic heterocycles. The van der Waals surface area contributed by atoms with Crippen molar-refractivity contribution in [2.24, 2.45) is 0 Å². The summed E-state index contributed by atoms with van der Waals surface area (Å²) in [5.74, 6) is -0.454. The Hall–Kier alpha value is -2.44. The molecule has 0 saturated heterocycles. The van der Waals surface area contributed by atoms with Crippen molar-refractivity contribution in [1.29, 1.82) is 0 Å². The van der Waals surface area contributed by atoms with Crippen LogP contribution in [0, 0.1) is 16.1 Å². The van der Waals surface area contributed by atoms with Gasteiger partial charge in [-0.25, -0.2) is 4.98 Å². The third-order valence-electron chi connectivity index (χ3n) is 2.02. The second-order valence-corrected chi connectivity index (χ2v) is 3.22. The predicted octanol–water partition coefficient (Wildman–Crippen LogP) is 2.33. The number of rotatable bonds is 4. The molecule has 0 aromatic carbocycles. The summed E-state index contributed by atoms with van der Waals surface area (Å²) in [5, 5.41) is 13.3. The van der Waals surface area contributed by atoms with Gasteiger partial charge in [0.2, 0.25) is 5.95 Å². The highest BCUT2D eigenvalue weighted by molar-refractivity contribution is 5.40. The van der Waals surface area contributed by atoms with Crippen LogP contribution < -0.4 is 5.32 Å². The first-order valence-electron chi connectivity index (χ1n) is 4.73. The van der Waals surface area contributed by atoms with Crippen LogP contribution in [-0.4, -0.2) is 9.91 Å². The topological polar surface area (TPSA) is 81.2 Å². The Balaban J connectivity index is 1.97. The lowest BCUT2D eigenvalue weighted by Crippen LogP contribution is -1.98. The number of furan rings is 1. The van der Waals surface area contributed by atoms with E-state index in [1.807, 2.05) is 0 Å². The van der Waals surface area contributed by atoms with E-state index in [1.165, 1.54) is 30.5 Å². The van der Waals surface area contributed by atoms with Gasteiger partial charge in [-0.15, -0.1) is 0 Å². The van der Waals surface area contributed by atoms with Crippen LogP contribution in [0.25, 0.3) is 0 Å². The van der Waals surface area contributed by atoms with Crippen molar-refractivity contribution >= 4 is 11.6 Å². The minimum absolute atomic E-state index is 0.265. The monoisotopic (exact) mass is 237 g/mol. The molecule has 17 heavy (non-hydrogen) atoms. The second-order valence-electron chi connectivity index (χ2n) is 3.22. The smallest absolute Gasteiger partial charge is 0.404 e. The standard InChI is InChI=1S/C10H8FN3O3/c11-9-3-1-7(5-13-9)12-6-8-2-4-10(17-8)14(15)16/h1-5,12H,6H2. The molecule has 0 aliphatic rings. The zero-order valence-corrected chi connectivity index (χ0v) is 8.59. The van der Waals surface area contributed by atoms with Crippen LogP contribution in [0.3, 0.4) is 0 Å². The van der Waals surface area contributed by atoms with Crippen molar-refractivity contribution in [3.8, 4) is 0 Å². The fourth-order valence-corrected chi connectivity index (χ4v) is 1.23. The molecule has 2 aromatic heterocycles. The van der Waals surface area contributed by atoms with Crippen molar-refractivity contribution in [2.45, 2.75) is 6.54 Å². The number of aromatic nitrogens is 1. The summed E-state index contributed by atoms with van der Waals surface area (Å²) in [7, 11) is 0. The molecular weight excluding hydrogens is 229 g/mol. The molecule has 2 rings (SSSR count). The highest BCUT2D eigenvalue weighted by atomic mass is 19.1. The van der Waals surface area contributed by atoms with Crippen LogP contribution in [-0.2, 0) is 6.54 Å². The molecule has 0 spiro atoms. The van der Waals surface area contributed by atoms with Crippen molar-refractivity contribution in [2.75, 3.05) is 5.32 Å². The Bertz CT molecular complexity index is 524. The van der Waals surface area contributed by atoms with Crippen LogP contribution >= 0.6 is 0 Å². The minimum Gasteiger partial charge on any atom is -0.404 e. The van der Waals surface area contributed by atoms with Gasteiger partial charge in [-0.3, -0.25) is 10.1 Å². The zero-order valence-electron chi connectivity index (χ0n) is 8.59. The SMILES string of the molecule is O=[N+]([O-])c1ccc(CNc2ccc(F)nc2)o1. The molecule has 88 valence electrons. The first kappa shape index (κ1) is 11.1.